The van der Waals surface area contributed by atoms with E-state index in [-0.39, 0.29) is 0 Å². The van der Waals surface area contributed by atoms with E-state index in [9.17, 15) is 0 Å². The zero-order chi connectivity index (χ0) is 11.5. The average molecular weight is 283 g/mol. The Hall–Kier alpha value is -1.49. The fourth-order valence-corrected chi connectivity index (χ4v) is 2.20. The lowest BCUT2D eigenvalue weighted by Crippen LogP contribution is -1.93. The Morgan fingerprint density at radius 3 is 2.62 bits per heavy atom. The summed E-state index contributed by atoms with van der Waals surface area (Å²) in [6, 6.07) is 3.80. The number of nitrogens with zero attached hydrogens (tertiary/aromatic N) is 1. The molecule has 2 aromatic rings. The molecule has 0 aliphatic heterocycles. The van der Waals surface area contributed by atoms with Crippen LogP contribution in [-0.4, -0.2) is 24.2 Å². The van der Waals surface area contributed by atoms with Crippen LogP contribution in [0.5, 0.6) is 11.5 Å². The molecule has 1 aromatic heterocycles. The second kappa shape index (κ2) is 4.57. The van der Waals surface area contributed by atoms with Crippen LogP contribution in [0.2, 0.25) is 0 Å². The van der Waals surface area contributed by atoms with Crippen molar-refractivity contribution in [3.05, 3.63) is 29.1 Å². The number of methoxy groups -OCH3 is 2. The standard InChI is InChI=1S/C11H11BrN2O2/c1-15-9-4-3-7(8-5-13-6-14-8)10(12)11(9)16-2/h3-6H,1-2H3,(H,13,14). The first-order valence-corrected chi connectivity index (χ1v) is 5.46. The lowest BCUT2D eigenvalue weighted by molar-refractivity contribution is 0.353. The Bertz CT molecular complexity index is 483. The van der Waals surface area contributed by atoms with Gasteiger partial charge in [0.05, 0.1) is 36.9 Å². The van der Waals surface area contributed by atoms with Gasteiger partial charge < -0.3 is 14.5 Å². The molecule has 0 bridgehead atoms. The molecule has 0 aliphatic rings. The lowest BCUT2D eigenvalue weighted by Gasteiger charge is -2.11. The van der Waals surface area contributed by atoms with Crippen LogP contribution >= 0.6 is 15.9 Å². The molecule has 0 radical (unpaired) electrons. The molecule has 1 heterocycles. The molecule has 4 nitrogen and oxygen atoms in total. The van der Waals surface area contributed by atoms with Crippen LogP contribution in [0.25, 0.3) is 11.3 Å². The molecule has 0 atom stereocenters. The molecule has 16 heavy (non-hydrogen) atoms. The fraction of sp³-hybridized carbons (Fsp3) is 0.182. The number of hydrogen-bond acceptors (Lipinski definition) is 3. The van der Waals surface area contributed by atoms with Gasteiger partial charge in [-0.3, -0.25) is 0 Å². The Balaban J connectivity index is 2.57. The Kier molecular flexibility index (Phi) is 3.14. The number of aromatic nitrogens is 2. The van der Waals surface area contributed by atoms with E-state index in [4.69, 9.17) is 9.47 Å². The fourth-order valence-electron chi connectivity index (χ4n) is 1.50. The van der Waals surface area contributed by atoms with Crippen molar-refractivity contribution in [1.29, 1.82) is 0 Å². The first-order valence-electron chi connectivity index (χ1n) is 4.67. The topological polar surface area (TPSA) is 47.1 Å². The molecule has 0 fully saturated rings. The van der Waals surface area contributed by atoms with E-state index < -0.39 is 0 Å². The van der Waals surface area contributed by atoms with Gasteiger partial charge in [0.25, 0.3) is 0 Å². The third-order valence-corrected chi connectivity index (χ3v) is 3.06. The van der Waals surface area contributed by atoms with Crippen molar-refractivity contribution in [3.8, 4) is 22.8 Å². The number of ether oxygens (including phenoxy) is 2. The number of rotatable bonds is 3. The number of benzene rings is 1. The molecule has 0 aliphatic carbocycles. The molecule has 0 saturated heterocycles. The van der Waals surface area contributed by atoms with Crippen molar-refractivity contribution in [2.45, 2.75) is 0 Å². The van der Waals surface area contributed by atoms with Crippen molar-refractivity contribution < 1.29 is 9.47 Å². The van der Waals surface area contributed by atoms with Gasteiger partial charge in [-0.2, -0.15) is 0 Å². The number of aromatic amines is 1. The van der Waals surface area contributed by atoms with E-state index in [1.54, 1.807) is 26.7 Å². The molecule has 5 heteroatoms. The first-order chi connectivity index (χ1) is 7.77. The van der Waals surface area contributed by atoms with Gasteiger partial charge in [-0.05, 0) is 28.1 Å². The number of halogens is 1. The van der Waals surface area contributed by atoms with Crippen molar-refractivity contribution in [3.63, 3.8) is 0 Å². The molecule has 1 aromatic carbocycles. The van der Waals surface area contributed by atoms with Gasteiger partial charge in [0.15, 0.2) is 11.5 Å². The second-order valence-corrected chi connectivity index (χ2v) is 3.92. The van der Waals surface area contributed by atoms with Gasteiger partial charge in [-0.25, -0.2) is 4.98 Å². The van der Waals surface area contributed by atoms with E-state index in [0.717, 1.165) is 15.7 Å². The van der Waals surface area contributed by atoms with Crippen LogP contribution in [0.15, 0.2) is 29.1 Å². The van der Waals surface area contributed by atoms with Gasteiger partial charge >= 0.3 is 0 Å². The minimum absolute atomic E-state index is 0.676. The Morgan fingerprint density at radius 2 is 2.06 bits per heavy atom. The molecule has 0 unspecified atom stereocenters. The van der Waals surface area contributed by atoms with E-state index in [1.165, 1.54) is 0 Å². The van der Waals surface area contributed by atoms with Crippen molar-refractivity contribution >= 4 is 15.9 Å². The summed E-state index contributed by atoms with van der Waals surface area (Å²) in [6.07, 6.45) is 3.39. The molecule has 84 valence electrons. The number of nitrogens with one attached hydrogen (secondary N) is 1. The van der Waals surface area contributed by atoms with E-state index in [1.807, 2.05) is 12.1 Å². The highest BCUT2D eigenvalue weighted by Crippen LogP contribution is 2.41. The summed E-state index contributed by atoms with van der Waals surface area (Å²) >= 11 is 3.50. The van der Waals surface area contributed by atoms with Gasteiger partial charge in [-0.15, -0.1) is 0 Å². The molecule has 0 amide bonds. The molecule has 1 N–H and O–H groups in total. The predicted molar refractivity (Wildman–Crippen MR) is 64.8 cm³/mol. The SMILES string of the molecule is COc1ccc(-c2cnc[nH]2)c(Br)c1OC. The predicted octanol–water partition coefficient (Wildman–Crippen LogP) is 2.86. The number of H-pyrrole nitrogens is 1. The highest BCUT2D eigenvalue weighted by atomic mass is 79.9. The van der Waals surface area contributed by atoms with Gasteiger partial charge in [0.1, 0.15) is 0 Å². The normalized spacial score (nSPS) is 10.2. The van der Waals surface area contributed by atoms with Crippen LogP contribution in [-0.2, 0) is 0 Å². The Morgan fingerprint density at radius 1 is 1.25 bits per heavy atom. The lowest BCUT2D eigenvalue weighted by atomic mass is 10.1. The van der Waals surface area contributed by atoms with Gasteiger partial charge in [-0.1, -0.05) is 0 Å². The Labute approximate surface area is 102 Å². The van der Waals surface area contributed by atoms with Crippen LogP contribution in [0.1, 0.15) is 0 Å². The minimum Gasteiger partial charge on any atom is -0.493 e. The summed E-state index contributed by atoms with van der Waals surface area (Å²) in [5.41, 5.74) is 1.91. The van der Waals surface area contributed by atoms with E-state index >= 15 is 0 Å². The minimum atomic E-state index is 0.676. The van der Waals surface area contributed by atoms with Crippen molar-refractivity contribution in [2.75, 3.05) is 14.2 Å². The summed E-state index contributed by atoms with van der Waals surface area (Å²) in [5.74, 6) is 1.37. The maximum atomic E-state index is 5.30. The number of imidazole rings is 1. The molecule has 0 saturated carbocycles. The smallest absolute Gasteiger partial charge is 0.175 e. The summed E-state index contributed by atoms with van der Waals surface area (Å²) in [5, 5.41) is 0. The van der Waals surface area contributed by atoms with E-state index in [0.29, 0.717) is 11.5 Å². The molecule has 0 spiro atoms. The average Bonchev–Trinajstić information content (AvgIpc) is 2.81. The van der Waals surface area contributed by atoms with Crippen LogP contribution < -0.4 is 9.47 Å². The largest absolute Gasteiger partial charge is 0.493 e. The second-order valence-electron chi connectivity index (χ2n) is 3.13. The third-order valence-electron chi connectivity index (χ3n) is 2.27. The maximum Gasteiger partial charge on any atom is 0.175 e. The zero-order valence-corrected chi connectivity index (χ0v) is 10.5. The summed E-state index contributed by atoms with van der Waals surface area (Å²) in [7, 11) is 3.22. The zero-order valence-electron chi connectivity index (χ0n) is 8.95. The van der Waals surface area contributed by atoms with Gasteiger partial charge in [0.2, 0.25) is 0 Å². The van der Waals surface area contributed by atoms with Gasteiger partial charge in [0, 0.05) is 5.56 Å². The van der Waals surface area contributed by atoms with Crippen molar-refractivity contribution in [2.24, 2.45) is 0 Å². The highest BCUT2D eigenvalue weighted by Gasteiger charge is 2.14. The molecular weight excluding hydrogens is 272 g/mol. The van der Waals surface area contributed by atoms with Crippen LogP contribution in [0.4, 0.5) is 0 Å². The highest BCUT2D eigenvalue weighted by molar-refractivity contribution is 9.10. The van der Waals surface area contributed by atoms with E-state index in [2.05, 4.69) is 25.9 Å². The maximum absolute atomic E-state index is 5.30. The summed E-state index contributed by atoms with van der Waals surface area (Å²) in [6.45, 7) is 0. The summed E-state index contributed by atoms with van der Waals surface area (Å²) < 4.78 is 11.4. The van der Waals surface area contributed by atoms with Crippen LogP contribution in [0.3, 0.4) is 0 Å². The molecule has 2 rings (SSSR count). The van der Waals surface area contributed by atoms with Crippen molar-refractivity contribution in [1.82, 2.24) is 9.97 Å². The van der Waals surface area contributed by atoms with Crippen LogP contribution in [0, 0.1) is 0 Å². The first kappa shape index (κ1) is 11.0. The number of hydrogen-bond donors (Lipinski definition) is 1. The third kappa shape index (κ3) is 1.78. The monoisotopic (exact) mass is 282 g/mol. The molecular formula is C11H11BrN2O2. The summed E-state index contributed by atoms with van der Waals surface area (Å²) in [4.78, 5) is 7.03. The quantitative estimate of drug-likeness (QED) is 0.942.